The number of nitrogens with two attached hydrogens (primary N) is 1. The maximum atomic E-state index is 13.3. The summed E-state index contributed by atoms with van der Waals surface area (Å²) in [6, 6.07) is 5.04. The number of sulfonamides is 1. The zero-order valence-electron chi connectivity index (χ0n) is 10.2. The number of rotatable bonds is 7. The zero-order chi connectivity index (χ0) is 14.3. The summed E-state index contributed by atoms with van der Waals surface area (Å²) in [4.78, 5) is 10.8. The fraction of sp³-hybridized carbons (Fsp3) is 0.364. The van der Waals surface area contributed by atoms with Gasteiger partial charge in [0.25, 0.3) is 0 Å². The van der Waals surface area contributed by atoms with Crippen molar-refractivity contribution in [3.05, 3.63) is 30.1 Å². The number of amides is 1. The smallest absolute Gasteiger partial charge is 0.243 e. The van der Waals surface area contributed by atoms with Gasteiger partial charge in [-0.05, 0) is 12.1 Å². The van der Waals surface area contributed by atoms with E-state index < -0.39 is 20.7 Å². The lowest BCUT2D eigenvalue weighted by molar-refractivity contribution is -0.120. The third-order valence-electron chi connectivity index (χ3n) is 2.24. The summed E-state index contributed by atoms with van der Waals surface area (Å²) in [6.45, 7) is 0.540. The highest BCUT2D eigenvalue weighted by Gasteiger charge is 2.17. The minimum absolute atomic E-state index is 0.0340. The topological polar surface area (TPSA) is 101 Å². The summed E-state index contributed by atoms with van der Waals surface area (Å²) in [5, 5.41) is 2.50. The quantitative estimate of drug-likeness (QED) is 0.634. The van der Waals surface area contributed by atoms with Crippen molar-refractivity contribution in [3.63, 3.8) is 0 Å². The highest BCUT2D eigenvalue weighted by molar-refractivity contribution is 7.89. The molecule has 0 saturated carbocycles. The summed E-state index contributed by atoms with van der Waals surface area (Å²) >= 11 is 0. The van der Waals surface area contributed by atoms with Gasteiger partial charge in [0.1, 0.15) is 10.7 Å². The lowest BCUT2D eigenvalue weighted by Gasteiger charge is -2.07. The van der Waals surface area contributed by atoms with Crippen molar-refractivity contribution < 1.29 is 17.6 Å². The molecule has 1 amide bonds. The second kappa shape index (κ2) is 7.17. The van der Waals surface area contributed by atoms with Crippen LogP contribution in [0.1, 0.15) is 6.42 Å². The Morgan fingerprint density at radius 1 is 1.26 bits per heavy atom. The van der Waals surface area contributed by atoms with Crippen molar-refractivity contribution in [2.45, 2.75) is 11.3 Å². The zero-order valence-corrected chi connectivity index (χ0v) is 11.0. The molecule has 0 fully saturated rings. The van der Waals surface area contributed by atoms with Crippen LogP contribution in [0.5, 0.6) is 0 Å². The molecule has 0 saturated heterocycles. The molecule has 1 aromatic carbocycles. The van der Waals surface area contributed by atoms with Crippen molar-refractivity contribution in [3.8, 4) is 0 Å². The molecule has 0 atom stereocenters. The number of halogens is 1. The van der Waals surface area contributed by atoms with Gasteiger partial charge in [-0.25, -0.2) is 17.5 Å². The van der Waals surface area contributed by atoms with E-state index in [4.69, 9.17) is 5.73 Å². The Hall–Kier alpha value is -1.51. The van der Waals surface area contributed by atoms with Gasteiger partial charge in [-0.3, -0.25) is 4.79 Å². The normalized spacial score (nSPS) is 11.3. The molecule has 19 heavy (non-hydrogen) atoms. The number of carbonyl (C=O) groups is 1. The first-order chi connectivity index (χ1) is 8.97. The van der Waals surface area contributed by atoms with E-state index in [1.165, 1.54) is 12.1 Å². The predicted octanol–water partition coefficient (Wildman–Crippen LogP) is -0.431. The van der Waals surface area contributed by atoms with Crippen LogP contribution in [0.4, 0.5) is 4.39 Å². The molecule has 0 spiro atoms. The minimum atomic E-state index is -3.94. The van der Waals surface area contributed by atoms with Gasteiger partial charge in [0.2, 0.25) is 15.9 Å². The van der Waals surface area contributed by atoms with Gasteiger partial charge in [-0.2, -0.15) is 0 Å². The predicted molar refractivity (Wildman–Crippen MR) is 68.3 cm³/mol. The molecule has 0 unspecified atom stereocenters. The van der Waals surface area contributed by atoms with Gasteiger partial charge in [0, 0.05) is 26.1 Å². The monoisotopic (exact) mass is 289 g/mol. The second-order valence-corrected chi connectivity index (χ2v) is 5.45. The van der Waals surface area contributed by atoms with Gasteiger partial charge in [0.15, 0.2) is 0 Å². The number of nitrogens with one attached hydrogen (secondary N) is 2. The standard InChI is InChI=1S/C11H16FN3O3S/c12-9-3-1-2-4-10(9)19(17,18)15-7-5-11(16)14-8-6-13/h1-4,15H,5-8,13H2,(H,14,16). The van der Waals surface area contributed by atoms with Gasteiger partial charge in [-0.15, -0.1) is 0 Å². The molecule has 0 aliphatic rings. The van der Waals surface area contributed by atoms with Crippen molar-refractivity contribution in [1.82, 2.24) is 10.0 Å². The van der Waals surface area contributed by atoms with E-state index in [9.17, 15) is 17.6 Å². The average molecular weight is 289 g/mol. The molecule has 0 radical (unpaired) electrons. The summed E-state index contributed by atoms with van der Waals surface area (Å²) in [5.74, 6) is -1.15. The highest BCUT2D eigenvalue weighted by Crippen LogP contribution is 2.12. The molecule has 0 aromatic heterocycles. The fourth-order valence-electron chi connectivity index (χ4n) is 1.34. The Morgan fingerprint density at radius 2 is 1.95 bits per heavy atom. The SMILES string of the molecule is NCCNC(=O)CCNS(=O)(=O)c1ccccc1F. The van der Waals surface area contributed by atoms with Crippen LogP contribution < -0.4 is 15.8 Å². The Balaban J connectivity index is 2.53. The van der Waals surface area contributed by atoms with Gasteiger partial charge < -0.3 is 11.1 Å². The molecular formula is C11H16FN3O3S. The second-order valence-electron chi connectivity index (χ2n) is 3.72. The summed E-state index contributed by atoms with van der Waals surface area (Å²) in [7, 11) is -3.94. The van der Waals surface area contributed by atoms with Gasteiger partial charge in [0.05, 0.1) is 0 Å². The summed E-state index contributed by atoms with van der Waals surface area (Å²) < 4.78 is 39.0. The molecule has 1 aromatic rings. The highest BCUT2D eigenvalue weighted by atomic mass is 32.2. The van der Waals surface area contributed by atoms with Crippen LogP contribution >= 0.6 is 0 Å². The summed E-state index contributed by atoms with van der Waals surface area (Å²) in [6.07, 6.45) is -0.0340. The van der Waals surface area contributed by atoms with E-state index in [1.54, 1.807) is 0 Å². The first kappa shape index (κ1) is 15.5. The molecule has 0 bridgehead atoms. The van der Waals surface area contributed by atoms with E-state index in [2.05, 4.69) is 10.0 Å². The third kappa shape index (κ3) is 4.93. The van der Waals surface area contributed by atoms with Crippen LogP contribution in [0.2, 0.25) is 0 Å². The van der Waals surface area contributed by atoms with E-state index in [1.807, 2.05) is 0 Å². The van der Waals surface area contributed by atoms with Crippen LogP contribution in [0, 0.1) is 5.82 Å². The molecule has 0 heterocycles. The summed E-state index contributed by atoms with van der Waals surface area (Å²) in [5.41, 5.74) is 5.20. The maximum absolute atomic E-state index is 13.3. The maximum Gasteiger partial charge on any atom is 0.243 e. The number of carbonyl (C=O) groups excluding carboxylic acids is 1. The lowest BCUT2D eigenvalue weighted by Crippen LogP contribution is -2.33. The number of hydrogen-bond acceptors (Lipinski definition) is 4. The van der Waals surface area contributed by atoms with Crippen molar-refractivity contribution in [2.24, 2.45) is 5.73 Å². The van der Waals surface area contributed by atoms with Crippen LogP contribution in [0.15, 0.2) is 29.2 Å². The van der Waals surface area contributed by atoms with Crippen molar-refractivity contribution in [1.29, 1.82) is 0 Å². The molecule has 6 nitrogen and oxygen atoms in total. The Morgan fingerprint density at radius 3 is 2.58 bits per heavy atom. The van der Waals surface area contributed by atoms with E-state index in [0.29, 0.717) is 13.1 Å². The molecule has 1 rings (SSSR count). The molecule has 106 valence electrons. The lowest BCUT2D eigenvalue weighted by atomic mass is 10.4. The van der Waals surface area contributed by atoms with E-state index >= 15 is 0 Å². The van der Waals surface area contributed by atoms with E-state index in [0.717, 1.165) is 12.1 Å². The van der Waals surface area contributed by atoms with Crippen LogP contribution in [-0.2, 0) is 14.8 Å². The average Bonchev–Trinajstić information content (AvgIpc) is 2.36. The van der Waals surface area contributed by atoms with Crippen LogP contribution in [-0.4, -0.2) is 34.0 Å². The minimum Gasteiger partial charge on any atom is -0.355 e. The van der Waals surface area contributed by atoms with Gasteiger partial charge in [-0.1, -0.05) is 12.1 Å². The first-order valence-electron chi connectivity index (χ1n) is 5.68. The molecule has 0 aliphatic heterocycles. The number of benzene rings is 1. The number of hydrogen-bond donors (Lipinski definition) is 3. The largest absolute Gasteiger partial charge is 0.355 e. The molecule has 8 heteroatoms. The molecular weight excluding hydrogens is 273 g/mol. The Labute approximate surface area is 111 Å². The molecule has 0 aliphatic carbocycles. The van der Waals surface area contributed by atoms with Gasteiger partial charge >= 0.3 is 0 Å². The van der Waals surface area contributed by atoms with E-state index in [-0.39, 0.29) is 18.9 Å². The Kier molecular flexibility index (Phi) is 5.87. The third-order valence-corrected chi connectivity index (χ3v) is 3.73. The fourth-order valence-corrected chi connectivity index (χ4v) is 2.45. The van der Waals surface area contributed by atoms with Crippen molar-refractivity contribution >= 4 is 15.9 Å². The molecule has 4 N–H and O–H groups in total. The van der Waals surface area contributed by atoms with Crippen LogP contribution in [0.25, 0.3) is 0 Å². The Bertz CT molecular complexity index is 534. The van der Waals surface area contributed by atoms with Crippen LogP contribution in [0.3, 0.4) is 0 Å². The first-order valence-corrected chi connectivity index (χ1v) is 7.16. The van der Waals surface area contributed by atoms with Crippen molar-refractivity contribution in [2.75, 3.05) is 19.6 Å².